The van der Waals surface area contributed by atoms with Gasteiger partial charge in [-0.15, -0.1) is 0 Å². The summed E-state index contributed by atoms with van der Waals surface area (Å²) in [4.78, 5) is 37.1. The number of nitrogens with zero attached hydrogens (tertiary/aromatic N) is 1. The molecule has 1 aromatic carbocycles. The fourth-order valence-corrected chi connectivity index (χ4v) is 2.93. The van der Waals surface area contributed by atoms with Crippen LogP contribution in [0.15, 0.2) is 24.3 Å². The van der Waals surface area contributed by atoms with Crippen LogP contribution >= 0.6 is 11.6 Å². The Kier molecular flexibility index (Phi) is 5.77. The maximum atomic E-state index is 12.3. The van der Waals surface area contributed by atoms with E-state index >= 15 is 0 Å². The standard InChI is InChI=1S/C17H20ClNO4/c1-11-2-3-13(17(22)23)10-19(11)16(21)9-8-15(20)12-4-6-14(18)7-5-12/h4-7,11,13H,2-3,8-10H2,1H3,(H,22,23). The number of carboxylic acids is 1. The minimum atomic E-state index is -0.869. The van der Waals surface area contributed by atoms with E-state index < -0.39 is 11.9 Å². The van der Waals surface area contributed by atoms with Gasteiger partial charge in [0.15, 0.2) is 5.78 Å². The highest BCUT2D eigenvalue weighted by atomic mass is 35.5. The topological polar surface area (TPSA) is 74.7 Å². The minimum absolute atomic E-state index is 0.0173. The van der Waals surface area contributed by atoms with Gasteiger partial charge in [0.2, 0.25) is 5.91 Å². The molecule has 2 rings (SSSR count). The van der Waals surface area contributed by atoms with Gasteiger partial charge in [0, 0.05) is 36.0 Å². The lowest BCUT2D eigenvalue weighted by molar-refractivity contribution is -0.147. The van der Waals surface area contributed by atoms with Crippen LogP contribution in [0, 0.1) is 5.92 Å². The number of halogens is 1. The predicted octanol–water partition coefficient (Wildman–Crippen LogP) is 3.01. The van der Waals surface area contributed by atoms with E-state index in [-0.39, 0.29) is 37.1 Å². The van der Waals surface area contributed by atoms with E-state index in [1.165, 1.54) is 0 Å². The molecule has 2 unspecified atom stereocenters. The highest BCUT2D eigenvalue weighted by molar-refractivity contribution is 6.30. The number of aliphatic carboxylic acids is 1. The molecule has 0 bridgehead atoms. The van der Waals surface area contributed by atoms with Crippen LogP contribution in [-0.2, 0) is 9.59 Å². The monoisotopic (exact) mass is 337 g/mol. The van der Waals surface area contributed by atoms with Gasteiger partial charge in [0.05, 0.1) is 5.92 Å². The molecule has 5 nitrogen and oxygen atoms in total. The normalized spacial score (nSPS) is 21.0. The Morgan fingerprint density at radius 3 is 2.43 bits per heavy atom. The third-order valence-electron chi connectivity index (χ3n) is 4.28. The Hall–Kier alpha value is -1.88. The number of carbonyl (C=O) groups excluding carboxylic acids is 2. The molecule has 0 aromatic heterocycles. The van der Waals surface area contributed by atoms with Crippen LogP contribution < -0.4 is 0 Å². The summed E-state index contributed by atoms with van der Waals surface area (Å²) in [5, 5.41) is 9.67. The fourth-order valence-electron chi connectivity index (χ4n) is 2.80. The van der Waals surface area contributed by atoms with Gasteiger partial charge < -0.3 is 10.0 Å². The number of carboxylic acid groups (broad SMARTS) is 1. The van der Waals surface area contributed by atoms with Crippen molar-refractivity contribution in [1.82, 2.24) is 4.90 Å². The van der Waals surface area contributed by atoms with Gasteiger partial charge in [-0.3, -0.25) is 14.4 Å². The number of benzene rings is 1. The van der Waals surface area contributed by atoms with Crippen LogP contribution in [0.25, 0.3) is 0 Å². The number of hydrogen-bond donors (Lipinski definition) is 1. The van der Waals surface area contributed by atoms with Crippen molar-refractivity contribution in [2.24, 2.45) is 5.92 Å². The zero-order valence-electron chi connectivity index (χ0n) is 13.0. The number of ketones is 1. The van der Waals surface area contributed by atoms with Crippen molar-refractivity contribution < 1.29 is 19.5 Å². The van der Waals surface area contributed by atoms with Crippen LogP contribution in [0.5, 0.6) is 0 Å². The summed E-state index contributed by atoms with van der Waals surface area (Å²) in [5.74, 6) is -1.66. The highest BCUT2D eigenvalue weighted by Gasteiger charge is 2.32. The van der Waals surface area contributed by atoms with E-state index in [9.17, 15) is 14.4 Å². The summed E-state index contributed by atoms with van der Waals surface area (Å²) in [5.41, 5.74) is 0.525. The molecule has 124 valence electrons. The smallest absolute Gasteiger partial charge is 0.308 e. The molecule has 1 fully saturated rings. The summed E-state index contributed by atoms with van der Waals surface area (Å²) in [6.07, 6.45) is 1.47. The fraction of sp³-hybridized carbons (Fsp3) is 0.471. The second-order valence-electron chi connectivity index (χ2n) is 5.94. The predicted molar refractivity (Wildman–Crippen MR) is 86.6 cm³/mol. The Labute approximate surface area is 140 Å². The third-order valence-corrected chi connectivity index (χ3v) is 4.54. The Balaban J connectivity index is 1.91. The molecule has 0 spiro atoms. The van der Waals surface area contributed by atoms with Crippen LogP contribution in [-0.4, -0.2) is 40.3 Å². The summed E-state index contributed by atoms with van der Waals surface area (Å²) < 4.78 is 0. The average Bonchev–Trinajstić information content (AvgIpc) is 2.53. The summed E-state index contributed by atoms with van der Waals surface area (Å²) in [6.45, 7) is 2.14. The third kappa shape index (κ3) is 4.55. The maximum Gasteiger partial charge on any atom is 0.308 e. The lowest BCUT2D eigenvalue weighted by Crippen LogP contribution is -2.47. The van der Waals surface area contributed by atoms with Gasteiger partial charge in [-0.1, -0.05) is 11.6 Å². The molecular formula is C17H20ClNO4. The molecule has 0 aliphatic carbocycles. The van der Waals surface area contributed by atoms with E-state index in [0.717, 1.165) is 0 Å². The molecule has 1 saturated heterocycles. The van der Waals surface area contributed by atoms with E-state index in [4.69, 9.17) is 16.7 Å². The van der Waals surface area contributed by atoms with Crippen LogP contribution in [0.2, 0.25) is 5.02 Å². The Morgan fingerprint density at radius 2 is 1.83 bits per heavy atom. The van der Waals surface area contributed by atoms with Crippen molar-refractivity contribution >= 4 is 29.3 Å². The molecule has 1 heterocycles. The number of piperidine rings is 1. The first-order valence-corrected chi connectivity index (χ1v) is 8.07. The first kappa shape index (κ1) is 17.5. The van der Waals surface area contributed by atoms with Gasteiger partial charge in [0.25, 0.3) is 0 Å². The number of amides is 1. The van der Waals surface area contributed by atoms with Crippen molar-refractivity contribution in [3.63, 3.8) is 0 Å². The lowest BCUT2D eigenvalue weighted by Gasteiger charge is -2.36. The van der Waals surface area contributed by atoms with Crippen LogP contribution in [0.3, 0.4) is 0 Å². The molecule has 1 aliphatic rings. The summed E-state index contributed by atoms with van der Waals surface area (Å²) >= 11 is 5.78. The first-order chi connectivity index (χ1) is 10.9. The zero-order chi connectivity index (χ0) is 17.0. The number of Topliss-reactive ketones (excluding diaryl/α,β-unsaturated/α-hetero) is 1. The Morgan fingerprint density at radius 1 is 1.17 bits per heavy atom. The van der Waals surface area contributed by atoms with Crippen molar-refractivity contribution in [2.45, 2.75) is 38.6 Å². The van der Waals surface area contributed by atoms with E-state index in [1.54, 1.807) is 29.2 Å². The highest BCUT2D eigenvalue weighted by Crippen LogP contribution is 2.23. The average molecular weight is 338 g/mol. The van der Waals surface area contributed by atoms with Gasteiger partial charge >= 0.3 is 5.97 Å². The zero-order valence-corrected chi connectivity index (χ0v) is 13.8. The number of hydrogen-bond acceptors (Lipinski definition) is 3. The van der Waals surface area contributed by atoms with E-state index in [0.29, 0.717) is 23.4 Å². The first-order valence-electron chi connectivity index (χ1n) is 7.69. The molecule has 0 saturated carbocycles. The molecule has 6 heteroatoms. The molecule has 1 aliphatic heterocycles. The van der Waals surface area contributed by atoms with Gasteiger partial charge in [-0.25, -0.2) is 0 Å². The van der Waals surface area contributed by atoms with Crippen molar-refractivity contribution in [3.05, 3.63) is 34.9 Å². The second kappa shape index (κ2) is 7.59. The van der Waals surface area contributed by atoms with E-state index in [1.807, 2.05) is 6.92 Å². The van der Waals surface area contributed by atoms with Crippen molar-refractivity contribution in [1.29, 1.82) is 0 Å². The quantitative estimate of drug-likeness (QED) is 0.838. The molecule has 1 aromatic rings. The second-order valence-corrected chi connectivity index (χ2v) is 6.37. The van der Waals surface area contributed by atoms with Gasteiger partial charge in [-0.05, 0) is 44.0 Å². The van der Waals surface area contributed by atoms with Crippen molar-refractivity contribution in [2.75, 3.05) is 6.54 Å². The maximum absolute atomic E-state index is 12.3. The molecular weight excluding hydrogens is 318 g/mol. The number of rotatable bonds is 5. The largest absolute Gasteiger partial charge is 0.481 e. The summed E-state index contributed by atoms with van der Waals surface area (Å²) in [6, 6.07) is 6.57. The number of carbonyl (C=O) groups is 3. The lowest BCUT2D eigenvalue weighted by atomic mass is 9.93. The van der Waals surface area contributed by atoms with Crippen LogP contribution in [0.4, 0.5) is 0 Å². The van der Waals surface area contributed by atoms with Gasteiger partial charge in [0.1, 0.15) is 0 Å². The van der Waals surface area contributed by atoms with Gasteiger partial charge in [-0.2, -0.15) is 0 Å². The molecule has 0 radical (unpaired) electrons. The molecule has 2 atom stereocenters. The molecule has 1 amide bonds. The molecule has 1 N–H and O–H groups in total. The Bertz CT molecular complexity index is 599. The SMILES string of the molecule is CC1CCC(C(=O)O)CN1C(=O)CCC(=O)c1ccc(Cl)cc1. The van der Waals surface area contributed by atoms with Crippen molar-refractivity contribution in [3.8, 4) is 0 Å². The van der Waals surface area contributed by atoms with E-state index in [2.05, 4.69) is 0 Å². The molecule has 23 heavy (non-hydrogen) atoms. The number of likely N-dealkylation sites (tertiary alicyclic amines) is 1. The van der Waals surface area contributed by atoms with Crippen LogP contribution in [0.1, 0.15) is 43.0 Å². The minimum Gasteiger partial charge on any atom is -0.481 e. The summed E-state index contributed by atoms with van der Waals surface area (Å²) in [7, 11) is 0.